The molecule has 4 nitrogen and oxygen atoms in total. The van der Waals surface area contributed by atoms with Crippen LogP contribution in [0, 0.1) is 0 Å². The van der Waals surface area contributed by atoms with Crippen LogP contribution in [0.2, 0.25) is 0 Å². The van der Waals surface area contributed by atoms with Gasteiger partial charge in [0, 0.05) is 24.2 Å². The molecule has 2 rings (SSSR count). The first-order valence-electron chi connectivity index (χ1n) is 6.83. The van der Waals surface area contributed by atoms with Crippen molar-refractivity contribution in [2.75, 3.05) is 24.5 Å². The second-order valence-corrected chi connectivity index (χ2v) is 5.80. The SMILES string of the molecule is CC(C)(CN)c1ccc2c(c1)CC(=O)N2CCCN. The van der Waals surface area contributed by atoms with Crippen molar-refractivity contribution in [3.8, 4) is 0 Å². The monoisotopic (exact) mass is 261 g/mol. The summed E-state index contributed by atoms with van der Waals surface area (Å²) in [7, 11) is 0. The summed E-state index contributed by atoms with van der Waals surface area (Å²) in [6.45, 7) is 6.16. The normalized spacial score (nSPS) is 14.9. The van der Waals surface area contributed by atoms with Gasteiger partial charge in [0.2, 0.25) is 5.91 Å². The van der Waals surface area contributed by atoms with Crippen LogP contribution in [-0.2, 0) is 16.6 Å². The van der Waals surface area contributed by atoms with Gasteiger partial charge in [0.25, 0.3) is 0 Å². The molecule has 0 unspecified atom stereocenters. The first kappa shape index (κ1) is 14.0. The zero-order chi connectivity index (χ0) is 14.0. The molecular weight excluding hydrogens is 238 g/mol. The van der Waals surface area contributed by atoms with Crippen LogP contribution in [0.4, 0.5) is 5.69 Å². The molecule has 0 aromatic heterocycles. The Morgan fingerprint density at radius 2 is 2.05 bits per heavy atom. The van der Waals surface area contributed by atoms with Crippen molar-refractivity contribution in [3.05, 3.63) is 29.3 Å². The molecule has 1 amide bonds. The quantitative estimate of drug-likeness (QED) is 0.835. The van der Waals surface area contributed by atoms with Crippen molar-refractivity contribution in [3.63, 3.8) is 0 Å². The number of nitrogens with zero attached hydrogens (tertiary/aromatic N) is 1. The molecule has 19 heavy (non-hydrogen) atoms. The summed E-state index contributed by atoms with van der Waals surface area (Å²) >= 11 is 0. The fourth-order valence-corrected chi connectivity index (χ4v) is 2.42. The second kappa shape index (κ2) is 5.31. The number of hydrogen-bond donors (Lipinski definition) is 2. The van der Waals surface area contributed by atoms with Gasteiger partial charge in [-0.1, -0.05) is 26.0 Å². The van der Waals surface area contributed by atoms with Crippen LogP contribution in [0.15, 0.2) is 18.2 Å². The highest BCUT2D eigenvalue weighted by molar-refractivity contribution is 6.01. The lowest BCUT2D eigenvalue weighted by molar-refractivity contribution is -0.117. The van der Waals surface area contributed by atoms with E-state index in [2.05, 4.69) is 26.0 Å². The number of nitrogens with two attached hydrogens (primary N) is 2. The predicted molar refractivity (Wildman–Crippen MR) is 78.3 cm³/mol. The maximum Gasteiger partial charge on any atom is 0.231 e. The smallest absolute Gasteiger partial charge is 0.231 e. The third-order valence-corrected chi connectivity index (χ3v) is 3.89. The van der Waals surface area contributed by atoms with Crippen LogP contribution in [0.5, 0.6) is 0 Å². The molecule has 104 valence electrons. The Labute approximate surface area is 114 Å². The van der Waals surface area contributed by atoms with Crippen LogP contribution in [0.1, 0.15) is 31.4 Å². The molecule has 0 spiro atoms. The maximum atomic E-state index is 12.0. The Kier molecular flexibility index (Phi) is 3.92. The Morgan fingerprint density at radius 3 is 2.68 bits per heavy atom. The number of anilines is 1. The van der Waals surface area contributed by atoms with E-state index in [1.807, 2.05) is 11.0 Å². The molecule has 4 N–H and O–H groups in total. The third-order valence-electron chi connectivity index (χ3n) is 3.89. The van der Waals surface area contributed by atoms with Gasteiger partial charge in [-0.2, -0.15) is 0 Å². The van der Waals surface area contributed by atoms with Gasteiger partial charge < -0.3 is 16.4 Å². The van der Waals surface area contributed by atoms with Crippen LogP contribution < -0.4 is 16.4 Å². The summed E-state index contributed by atoms with van der Waals surface area (Å²) < 4.78 is 0. The summed E-state index contributed by atoms with van der Waals surface area (Å²) in [5.74, 6) is 0.172. The Balaban J connectivity index is 2.29. The molecule has 0 atom stereocenters. The van der Waals surface area contributed by atoms with Gasteiger partial charge in [0.05, 0.1) is 6.42 Å². The molecule has 4 heteroatoms. The lowest BCUT2D eigenvalue weighted by Gasteiger charge is -2.24. The third kappa shape index (κ3) is 2.65. The first-order chi connectivity index (χ1) is 8.99. The summed E-state index contributed by atoms with van der Waals surface area (Å²) in [4.78, 5) is 13.9. The van der Waals surface area contributed by atoms with Gasteiger partial charge in [0.1, 0.15) is 0 Å². The molecule has 1 aromatic rings. The van der Waals surface area contributed by atoms with E-state index in [0.29, 0.717) is 26.1 Å². The summed E-state index contributed by atoms with van der Waals surface area (Å²) in [5.41, 5.74) is 14.6. The molecule has 0 fully saturated rings. The number of benzene rings is 1. The number of fused-ring (bicyclic) bond motifs is 1. The van der Waals surface area contributed by atoms with E-state index in [-0.39, 0.29) is 11.3 Å². The molecule has 0 bridgehead atoms. The van der Waals surface area contributed by atoms with Crippen molar-refractivity contribution in [1.29, 1.82) is 0 Å². The average molecular weight is 261 g/mol. The number of rotatable bonds is 5. The van der Waals surface area contributed by atoms with Crippen LogP contribution >= 0.6 is 0 Å². The summed E-state index contributed by atoms with van der Waals surface area (Å²) in [6, 6.07) is 6.26. The molecule has 0 saturated carbocycles. The maximum absolute atomic E-state index is 12.0. The molecule has 0 aliphatic carbocycles. The van der Waals surface area contributed by atoms with Crippen LogP contribution in [-0.4, -0.2) is 25.5 Å². The molecule has 0 saturated heterocycles. The number of carbonyl (C=O) groups is 1. The van der Waals surface area contributed by atoms with Crippen molar-refractivity contribution >= 4 is 11.6 Å². The molecule has 1 aliphatic rings. The van der Waals surface area contributed by atoms with Gasteiger partial charge in [-0.3, -0.25) is 4.79 Å². The highest BCUT2D eigenvalue weighted by Gasteiger charge is 2.28. The van der Waals surface area contributed by atoms with E-state index in [1.54, 1.807) is 0 Å². The van der Waals surface area contributed by atoms with E-state index in [0.717, 1.165) is 17.7 Å². The van der Waals surface area contributed by atoms with Crippen molar-refractivity contribution < 1.29 is 4.79 Å². The topological polar surface area (TPSA) is 72.4 Å². The molecule has 1 heterocycles. The van der Waals surface area contributed by atoms with Crippen molar-refractivity contribution in [2.45, 2.75) is 32.1 Å². The Bertz CT molecular complexity index is 482. The van der Waals surface area contributed by atoms with Gasteiger partial charge in [0.15, 0.2) is 0 Å². The zero-order valence-electron chi connectivity index (χ0n) is 11.8. The van der Waals surface area contributed by atoms with Crippen molar-refractivity contribution in [2.24, 2.45) is 11.5 Å². The van der Waals surface area contributed by atoms with Crippen LogP contribution in [0.3, 0.4) is 0 Å². The Hall–Kier alpha value is -1.39. The van der Waals surface area contributed by atoms with Gasteiger partial charge in [-0.05, 0) is 30.2 Å². The molecule has 1 aromatic carbocycles. The fraction of sp³-hybridized carbons (Fsp3) is 0.533. The number of hydrogen-bond acceptors (Lipinski definition) is 3. The minimum atomic E-state index is -0.0528. The zero-order valence-corrected chi connectivity index (χ0v) is 11.8. The van der Waals surface area contributed by atoms with Gasteiger partial charge in [-0.25, -0.2) is 0 Å². The van der Waals surface area contributed by atoms with Gasteiger partial charge >= 0.3 is 0 Å². The average Bonchev–Trinajstić information content (AvgIpc) is 2.71. The first-order valence-corrected chi connectivity index (χ1v) is 6.83. The largest absolute Gasteiger partial charge is 0.330 e. The highest BCUT2D eigenvalue weighted by Crippen LogP contribution is 2.33. The predicted octanol–water partition coefficient (Wildman–Crippen LogP) is 1.16. The standard InChI is InChI=1S/C15H23N3O/c1-15(2,10-17)12-4-5-13-11(8-12)9-14(19)18(13)7-3-6-16/h4-5,8H,3,6-7,9-10,16-17H2,1-2H3. The van der Waals surface area contributed by atoms with Crippen LogP contribution in [0.25, 0.3) is 0 Å². The minimum Gasteiger partial charge on any atom is -0.330 e. The fourth-order valence-electron chi connectivity index (χ4n) is 2.42. The second-order valence-electron chi connectivity index (χ2n) is 5.80. The molecular formula is C15H23N3O. The Morgan fingerprint density at radius 1 is 1.32 bits per heavy atom. The highest BCUT2D eigenvalue weighted by atomic mass is 16.2. The number of carbonyl (C=O) groups excluding carboxylic acids is 1. The lowest BCUT2D eigenvalue weighted by Crippen LogP contribution is -2.29. The van der Waals surface area contributed by atoms with E-state index in [9.17, 15) is 4.79 Å². The van der Waals surface area contributed by atoms with E-state index >= 15 is 0 Å². The summed E-state index contributed by atoms with van der Waals surface area (Å²) in [5, 5.41) is 0. The van der Waals surface area contributed by atoms with E-state index in [4.69, 9.17) is 11.5 Å². The van der Waals surface area contributed by atoms with Gasteiger partial charge in [-0.15, -0.1) is 0 Å². The lowest BCUT2D eigenvalue weighted by atomic mass is 9.84. The molecule has 1 aliphatic heterocycles. The van der Waals surface area contributed by atoms with E-state index in [1.165, 1.54) is 5.56 Å². The minimum absolute atomic E-state index is 0.0528. The van der Waals surface area contributed by atoms with Crippen molar-refractivity contribution in [1.82, 2.24) is 0 Å². The van der Waals surface area contributed by atoms with E-state index < -0.39 is 0 Å². The molecule has 0 radical (unpaired) electrons. The number of amides is 1. The summed E-state index contributed by atoms with van der Waals surface area (Å²) in [6.07, 6.45) is 1.33.